The predicted octanol–water partition coefficient (Wildman–Crippen LogP) is 3.69. The van der Waals surface area contributed by atoms with Crippen molar-refractivity contribution < 1.29 is 23.9 Å². The summed E-state index contributed by atoms with van der Waals surface area (Å²) in [6.07, 6.45) is 4.92. The minimum atomic E-state index is -0.704. The van der Waals surface area contributed by atoms with Crippen LogP contribution in [0.5, 0.6) is 0 Å². The van der Waals surface area contributed by atoms with Crippen LogP contribution in [-0.2, 0) is 14.3 Å². The number of imide groups is 1. The number of ether oxygens (including phenoxy) is 1. The van der Waals surface area contributed by atoms with E-state index in [1.807, 2.05) is 12.2 Å². The molecule has 1 heterocycles. The van der Waals surface area contributed by atoms with Gasteiger partial charge in [-0.05, 0) is 60.7 Å². The van der Waals surface area contributed by atoms with E-state index in [9.17, 15) is 19.2 Å². The number of amides is 2. The standard InChI is InChI=1S/C24H18ClNO5/c25-17-8-6-13(7-9-17)19(27)12-31-24(30)16-2-1-3-18(11-16)26-22(28)20-14-4-5-15(10-14)21(20)23(26)29/h1-9,11,14-15,20-21H,10,12H2/t14-,15-,20-,21+/m0/s1. The molecule has 7 heteroatoms. The first-order valence-electron chi connectivity index (χ1n) is 10.1. The highest BCUT2D eigenvalue weighted by Crippen LogP contribution is 2.53. The Morgan fingerprint density at radius 2 is 1.58 bits per heavy atom. The van der Waals surface area contributed by atoms with Gasteiger partial charge >= 0.3 is 5.97 Å². The van der Waals surface area contributed by atoms with Gasteiger partial charge in [-0.25, -0.2) is 9.69 Å². The van der Waals surface area contributed by atoms with Crippen LogP contribution < -0.4 is 4.90 Å². The zero-order valence-corrected chi connectivity index (χ0v) is 17.1. The van der Waals surface area contributed by atoms with Gasteiger partial charge in [-0.3, -0.25) is 14.4 Å². The topological polar surface area (TPSA) is 80.8 Å². The van der Waals surface area contributed by atoms with Gasteiger partial charge in [-0.1, -0.05) is 29.8 Å². The third-order valence-electron chi connectivity index (χ3n) is 6.31. The maximum atomic E-state index is 13.0. The number of nitrogens with zero attached hydrogens (tertiary/aromatic N) is 1. The van der Waals surface area contributed by atoms with Gasteiger partial charge < -0.3 is 4.74 Å². The Bertz CT molecular complexity index is 1110. The normalized spacial score (nSPS) is 25.8. The van der Waals surface area contributed by atoms with Crippen molar-refractivity contribution in [3.05, 3.63) is 76.8 Å². The zero-order valence-electron chi connectivity index (χ0n) is 16.4. The van der Waals surface area contributed by atoms with Gasteiger partial charge in [0.25, 0.3) is 0 Å². The number of esters is 1. The van der Waals surface area contributed by atoms with Crippen molar-refractivity contribution in [2.24, 2.45) is 23.7 Å². The van der Waals surface area contributed by atoms with Crippen molar-refractivity contribution in [2.75, 3.05) is 11.5 Å². The molecule has 6 nitrogen and oxygen atoms in total. The number of anilines is 1. The van der Waals surface area contributed by atoms with Gasteiger partial charge in [0.2, 0.25) is 11.8 Å². The fraction of sp³-hybridized carbons (Fsp3) is 0.250. The minimum absolute atomic E-state index is 0.114. The number of ketones is 1. The molecule has 0 unspecified atom stereocenters. The van der Waals surface area contributed by atoms with Gasteiger partial charge in [0, 0.05) is 10.6 Å². The Kier molecular flexibility index (Phi) is 4.74. The van der Waals surface area contributed by atoms with Gasteiger partial charge in [-0.2, -0.15) is 0 Å². The summed E-state index contributed by atoms with van der Waals surface area (Å²) in [4.78, 5) is 51.8. The van der Waals surface area contributed by atoms with E-state index in [0.29, 0.717) is 16.3 Å². The number of allylic oxidation sites excluding steroid dienone is 2. The molecule has 0 spiro atoms. The Morgan fingerprint density at radius 3 is 2.23 bits per heavy atom. The smallest absolute Gasteiger partial charge is 0.338 e. The highest BCUT2D eigenvalue weighted by molar-refractivity contribution is 6.30. The molecule has 0 aromatic heterocycles. The molecule has 2 aromatic rings. The van der Waals surface area contributed by atoms with Crippen molar-refractivity contribution in [1.29, 1.82) is 0 Å². The van der Waals surface area contributed by atoms with Crippen LogP contribution in [0.15, 0.2) is 60.7 Å². The molecule has 0 radical (unpaired) electrons. The van der Waals surface area contributed by atoms with Crippen molar-refractivity contribution in [1.82, 2.24) is 0 Å². The fourth-order valence-corrected chi connectivity index (χ4v) is 4.99. The van der Waals surface area contributed by atoms with E-state index in [4.69, 9.17) is 16.3 Å². The van der Waals surface area contributed by atoms with E-state index < -0.39 is 12.6 Å². The molecule has 2 aliphatic carbocycles. The molecule has 2 amide bonds. The van der Waals surface area contributed by atoms with Gasteiger partial charge in [0.1, 0.15) is 0 Å². The van der Waals surface area contributed by atoms with Crippen LogP contribution in [0.2, 0.25) is 5.02 Å². The number of hydrogen-bond acceptors (Lipinski definition) is 5. The van der Waals surface area contributed by atoms with Gasteiger partial charge in [-0.15, -0.1) is 0 Å². The van der Waals surface area contributed by atoms with E-state index in [-0.39, 0.29) is 46.8 Å². The molecule has 4 atom stereocenters. The van der Waals surface area contributed by atoms with E-state index >= 15 is 0 Å². The highest BCUT2D eigenvalue weighted by Gasteiger charge is 2.59. The summed E-state index contributed by atoms with van der Waals surface area (Å²) in [5.74, 6) is -1.88. The predicted molar refractivity (Wildman–Crippen MR) is 113 cm³/mol. The first kappa shape index (κ1) is 19.7. The van der Waals surface area contributed by atoms with E-state index in [0.717, 1.165) is 6.42 Å². The summed E-state index contributed by atoms with van der Waals surface area (Å²) in [5, 5.41) is 0.504. The summed E-state index contributed by atoms with van der Waals surface area (Å²) < 4.78 is 5.14. The largest absolute Gasteiger partial charge is 0.454 e. The number of rotatable bonds is 5. The van der Waals surface area contributed by atoms with Crippen LogP contribution in [-0.4, -0.2) is 30.2 Å². The first-order chi connectivity index (χ1) is 14.9. The number of fused-ring (bicyclic) bond motifs is 5. The fourth-order valence-electron chi connectivity index (χ4n) is 4.86. The Labute approximate surface area is 183 Å². The third kappa shape index (κ3) is 3.27. The summed E-state index contributed by atoms with van der Waals surface area (Å²) in [5.41, 5.74) is 0.899. The van der Waals surface area contributed by atoms with Gasteiger partial charge in [0.15, 0.2) is 12.4 Å². The molecule has 1 aliphatic heterocycles. The molecule has 0 N–H and O–H groups in total. The maximum Gasteiger partial charge on any atom is 0.338 e. The Hall–Kier alpha value is -3.25. The van der Waals surface area contributed by atoms with Crippen LogP contribution >= 0.6 is 11.6 Å². The van der Waals surface area contributed by atoms with E-state index in [1.165, 1.54) is 17.0 Å². The minimum Gasteiger partial charge on any atom is -0.454 e. The summed E-state index contributed by atoms with van der Waals surface area (Å²) in [6, 6.07) is 12.5. The van der Waals surface area contributed by atoms with Crippen LogP contribution in [0.3, 0.4) is 0 Å². The molecule has 2 fully saturated rings. The molecule has 2 bridgehead atoms. The molecule has 1 saturated heterocycles. The highest BCUT2D eigenvalue weighted by atomic mass is 35.5. The third-order valence-corrected chi connectivity index (χ3v) is 6.56. The van der Waals surface area contributed by atoms with Crippen LogP contribution in [0.25, 0.3) is 0 Å². The lowest BCUT2D eigenvalue weighted by atomic mass is 9.85. The van der Waals surface area contributed by atoms with Crippen molar-refractivity contribution in [3.8, 4) is 0 Å². The van der Waals surface area contributed by atoms with Gasteiger partial charge in [0.05, 0.1) is 23.1 Å². The summed E-state index contributed by atoms with van der Waals surface area (Å²) in [7, 11) is 0. The number of halogens is 1. The number of hydrogen-bond donors (Lipinski definition) is 0. The van der Waals surface area contributed by atoms with E-state index in [1.54, 1.807) is 36.4 Å². The monoisotopic (exact) mass is 435 g/mol. The molecule has 2 aromatic carbocycles. The second kappa shape index (κ2) is 7.46. The zero-order chi connectivity index (χ0) is 21.7. The molecule has 5 rings (SSSR count). The average Bonchev–Trinajstić information content (AvgIpc) is 3.46. The summed E-state index contributed by atoms with van der Waals surface area (Å²) >= 11 is 5.81. The number of carbonyl (C=O) groups is 4. The quantitative estimate of drug-likeness (QED) is 0.309. The molecule has 3 aliphatic rings. The molecule has 1 saturated carbocycles. The second-order valence-corrected chi connectivity index (χ2v) is 8.50. The van der Waals surface area contributed by atoms with Crippen molar-refractivity contribution in [3.63, 3.8) is 0 Å². The van der Waals surface area contributed by atoms with Crippen molar-refractivity contribution >= 4 is 40.9 Å². The Balaban J connectivity index is 1.30. The average molecular weight is 436 g/mol. The lowest BCUT2D eigenvalue weighted by Crippen LogP contribution is -2.33. The molecular formula is C24H18ClNO5. The SMILES string of the molecule is O=C(COC(=O)c1cccc(N2C(=O)[C@@H]3[C@H](C2=O)[C@H]2C=C[C@H]3C2)c1)c1ccc(Cl)cc1. The number of benzene rings is 2. The van der Waals surface area contributed by atoms with Crippen molar-refractivity contribution in [2.45, 2.75) is 6.42 Å². The van der Waals surface area contributed by atoms with Crippen LogP contribution in [0, 0.1) is 23.7 Å². The number of carbonyl (C=O) groups excluding carboxylic acids is 4. The lowest BCUT2D eigenvalue weighted by molar-refractivity contribution is -0.123. The second-order valence-electron chi connectivity index (χ2n) is 8.07. The lowest BCUT2D eigenvalue weighted by Gasteiger charge is -2.18. The molecular weight excluding hydrogens is 418 g/mol. The first-order valence-corrected chi connectivity index (χ1v) is 10.4. The molecule has 31 heavy (non-hydrogen) atoms. The van der Waals surface area contributed by atoms with Crippen LogP contribution in [0.1, 0.15) is 27.1 Å². The number of Topliss-reactive ketones (excluding diaryl/α,β-unsaturated/α-hetero) is 1. The van der Waals surface area contributed by atoms with E-state index in [2.05, 4.69) is 0 Å². The molecule has 156 valence electrons. The maximum absolute atomic E-state index is 13.0. The van der Waals surface area contributed by atoms with Crippen LogP contribution in [0.4, 0.5) is 5.69 Å². The Morgan fingerprint density at radius 1 is 0.935 bits per heavy atom. The summed E-state index contributed by atoms with van der Waals surface area (Å²) in [6.45, 7) is -0.425.